The van der Waals surface area contributed by atoms with Crippen molar-refractivity contribution in [2.45, 2.75) is 0 Å². The van der Waals surface area contributed by atoms with Crippen molar-refractivity contribution in [3.8, 4) is 27.3 Å². The highest BCUT2D eigenvalue weighted by Crippen LogP contribution is 2.31. The van der Waals surface area contributed by atoms with Crippen LogP contribution in [0.1, 0.15) is 0 Å². The molecule has 0 aliphatic heterocycles. The van der Waals surface area contributed by atoms with Crippen molar-refractivity contribution >= 4 is 22.9 Å². The Morgan fingerprint density at radius 2 is 1.75 bits per heavy atom. The van der Waals surface area contributed by atoms with Gasteiger partial charge >= 0.3 is 0 Å². The number of aromatic nitrogens is 1. The zero-order valence-corrected chi connectivity index (χ0v) is 12.4. The van der Waals surface area contributed by atoms with E-state index in [4.69, 9.17) is 16.3 Å². The van der Waals surface area contributed by atoms with E-state index in [9.17, 15) is 0 Å². The second-order valence-corrected chi connectivity index (χ2v) is 5.90. The highest BCUT2D eigenvalue weighted by atomic mass is 35.5. The molecule has 4 heteroatoms. The number of hydrogen-bond acceptors (Lipinski definition) is 3. The fourth-order valence-electron chi connectivity index (χ4n) is 2.02. The summed E-state index contributed by atoms with van der Waals surface area (Å²) in [4.78, 5) is 5.16. The number of thiazole rings is 1. The van der Waals surface area contributed by atoms with Crippen molar-refractivity contribution in [2.24, 2.45) is 0 Å². The summed E-state index contributed by atoms with van der Waals surface area (Å²) < 4.78 is 5.74. The Labute approximate surface area is 126 Å². The molecular formula is C16H12ClNOS. The zero-order valence-electron chi connectivity index (χ0n) is 10.8. The molecule has 1 heterocycles. The van der Waals surface area contributed by atoms with Crippen LogP contribution in [0.5, 0.6) is 5.75 Å². The third-order valence-corrected chi connectivity index (χ3v) is 4.21. The van der Waals surface area contributed by atoms with Crippen LogP contribution in [0.2, 0.25) is 4.47 Å². The Kier molecular flexibility index (Phi) is 3.72. The first kappa shape index (κ1) is 13.2. The van der Waals surface area contributed by atoms with Crippen LogP contribution in [0.15, 0.2) is 54.7 Å². The maximum atomic E-state index is 5.89. The first-order valence-electron chi connectivity index (χ1n) is 6.12. The molecule has 0 aliphatic carbocycles. The van der Waals surface area contributed by atoms with E-state index in [-0.39, 0.29) is 0 Å². The molecule has 0 saturated carbocycles. The number of methoxy groups -OCH3 is 1. The molecule has 2 aromatic carbocycles. The molecule has 3 aromatic rings. The molecule has 3 rings (SSSR count). The second kappa shape index (κ2) is 5.65. The molecule has 0 radical (unpaired) electrons. The summed E-state index contributed by atoms with van der Waals surface area (Å²) in [5.74, 6) is 0.860. The predicted octanol–water partition coefficient (Wildman–Crippen LogP) is 5.14. The van der Waals surface area contributed by atoms with Crippen LogP contribution in [0, 0.1) is 0 Å². The van der Waals surface area contributed by atoms with E-state index >= 15 is 0 Å². The van der Waals surface area contributed by atoms with Crippen LogP contribution in [0.4, 0.5) is 0 Å². The number of nitrogens with zero attached hydrogens (tertiary/aromatic N) is 1. The Morgan fingerprint density at radius 3 is 2.40 bits per heavy atom. The maximum absolute atomic E-state index is 5.89. The molecule has 1 aromatic heterocycles. The average molecular weight is 302 g/mol. The number of benzene rings is 2. The van der Waals surface area contributed by atoms with Gasteiger partial charge in [-0.15, -0.1) is 11.3 Å². The highest BCUT2D eigenvalue weighted by Gasteiger charge is 2.05. The van der Waals surface area contributed by atoms with Crippen LogP contribution >= 0.6 is 22.9 Å². The predicted molar refractivity (Wildman–Crippen MR) is 84.5 cm³/mol. The van der Waals surface area contributed by atoms with Gasteiger partial charge < -0.3 is 4.74 Å². The summed E-state index contributed by atoms with van der Waals surface area (Å²) in [7, 11) is 1.67. The second-order valence-electron chi connectivity index (χ2n) is 4.29. The lowest BCUT2D eigenvalue weighted by molar-refractivity contribution is 0.415. The van der Waals surface area contributed by atoms with Crippen molar-refractivity contribution in [1.82, 2.24) is 4.98 Å². The number of halogens is 1. The quantitative estimate of drug-likeness (QED) is 0.668. The Balaban J connectivity index is 1.98. The van der Waals surface area contributed by atoms with E-state index in [0.29, 0.717) is 4.47 Å². The fourth-order valence-corrected chi connectivity index (χ4v) is 2.96. The van der Waals surface area contributed by atoms with Gasteiger partial charge in [-0.3, -0.25) is 0 Å². The number of ether oxygens (including phenoxy) is 1. The normalized spacial score (nSPS) is 10.5. The number of rotatable bonds is 3. The molecule has 20 heavy (non-hydrogen) atoms. The molecule has 0 amide bonds. The molecule has 100 valence electrons. The van der Waals surface area contributed by atoms with E-state index in [1.165, 1.54) is 11.3 Å². The largest absolute Gasteiger partial charge is 0.497 e. The fraction of sp³-hybridized carbons (Fsp3) is 0.0625. The lowest BCUT2D eigenvalue weighted by Crippen LogP contribution is -1.83. The summed E-state index contributed by atoms with van der Waals surface area (Å²) in [6.45, 7) is 0. The summed E-state index contributed by atoms with van der Waals surface area (Å²) >= 11 is 7.38. The van der Waals surface area contributed by atoms with Gasteiger partial charge in [0, 0.05) is 6.20 Å². The molecule has 0 unspecified atom stereocenters. The number of hydrogen-bond donors (Lipinski definition) is 0. The van der Waals surface area contributed by atoms with Crippen LogP contribution < -0.4 is 4.74 Å². The maximum Gasteiger partial charge on any atom is 0.184 e. The van der Waals surface area contributed by atoms with Gasteiger partial charge in [0.05, 0.1) is 12.0 Å². The molecule has 0 bridgehead atoms. The highest BCUT2D eigenvalue weighted by molar-refractivity contribution is 7.18. The zero-order chi connectivity index (χ0) is 13.9. The van der Waals surface area contributed by atoms with Crippen molar-refractivity contribution < 1.29 is 4.74 Å². The van der Waals surface area contributed by atoms with Gasteiger partial charge in [-0.2, -0.15) is 0 Å². The van der Waals surface area contributed by atoms with Gasteiger partial charge in [0.1, 0.15) is 5.75 Å². The lowest BCUT2D eigenvalue weighted by Gasteiger charge is -2.05. The molecule has 0 atom stereocenters. The van der Waals surface area contributed by atoms with Gasteiger partial charge in [0.15, 0.2) is 4.47 Å². The summed E-state index contributed by atoms with van der Waals surface area (Å²) in [5, 5.41) is 0. The van der Waals surface area contributed by atoms with Crippen LogP contribution in [-0.4, -0.2) is 12.1 Å². The lowest BCUT2D eigenvalue weighted by atomic mass is 10.0. The topological polar surface area (TPSA) is 22.1 Å². The Hall–Kier alpha value is -1.84. The van der Waals surface area contributed by atoms with E-state index in [1.54, 1.807) is 13.3 Å². The van der Waals surface area contributed by atoms with E-state index < -0.39 is 0 Å². The van der Waals surface area contributed by atoms with Gasteiger partial charge in [0.2, 0.25) is 0 Å². The molecule has 0 N–H and O–H groups in total. The summed E-state index contributed by atoms with van der Waals surface area (Å²) in [6.07, 6.45) is 1.81. The molecule has 0 saturated heterocycles. The third-order valence-electron chi connectivity index (χ3n) is 3.05. The molecule has 2 nitrogen and oxygen atoms in total. The monoisotopic (exact) mass is 301 g/mol. The van der Waals surface area contributed by atoms with Crippen molar-refractivity contribution in [3.05, 3.63) is 59.2 Å². The minimum atomic E-state index is 0.565. The first-order chi connectivity index (χ1) is 9.76. The summed E-state index contributed by atoms with van der Waals surface area (Å²) in [6, 6.07) is 16.4. The van der Waals surface area contributed by atoms with Gasteiger partial charge in [0.25, 0.3) is 0 Å². The van der Waals surface area contributed by atoms with Crippen LogP contribution in [0.25, 0.3) is 21.6 Å². The van der Waals surface area contributed by atoms with Crippen LogP contribution in [-0.2, 0) is 0 Å². The SMILES string of the molecule is COc1ccc(-c2cccc(-c3cnc(Cl)s3)c2)cc1. The van der Waals surface area contributed by atoms with Gasteiger partial charge in [-0.25, -0.2) is 4.98 Å². The van der Waals surface area contributed by atoms with E-state index in [0.717, 1.165) is 27.3 Å². The van der Waals surface area contributed by atoms with Crippen molar-refractivity contribution in [3.63, 3.8) is 0 Å². The molecule has 0 spiro atoms. The average Bonchev–Trinajstić information content (AvgIpc) is 2.94. The minimum Gasteiger partial charge on any atom is -0.497 e. The van der Waals surface area contributed by atoms with E-state index in [1.807, 2.05) is 18.2 Å². The third kappa shape index (κ3) is 2.69. The molecule has 0 aliphatic rings. The standard InChI is InChI=1S/C16H12ClNOS/c1-19-14-7-5-11(6-8-14)12-3-2-4-13(9-12)15-10-18-16(17)20-15/h2-10H,1H3. The molecular weight excluding hydrogens is 290 g/mol. The smallest absolute Gasteiger partial charge is 0.184 e. The van der Waals surface area contributed by atoms with Crippen molar-refractivity contribution in [2.75, 3.05) is 7.11 Å². The molecule has 0 fully saturated rings. The van der Waals surface area contributed by atoms with E-state index in [2.05, 4.69) is 35.3 Å². The Morgan fingerprint density at radius 1 is 1.00 bits per heavy atom. The van der Waals surface area contributed by atoms with Crippen molar-refractivity contribution in [1.29, 1.82) is 0 Å². The van der Waals surface area contributed by atoms with Gasteiger partial charge in [-0.05, 0) is 34.9 Å². The van der Waals surface area contributed by atoms with Gasteiger partial charge in [-0.1, -0.05) is 41.9 Å². The minimum absolute atomic E-state index is 0.565. The first-order valence-corrected chi connectivity index (χ1v) is 7.32. The summed E-state index contributed by atoms with van der Waals surface area (Å²) in [5.41, 5.74) is 3.45. The Bertz CT molecular complexity index is 721. The van der Waals surface area contributed by atoms with Crippen LogP contribution in [0.3, 0.4) is 0 Å².